The van der Waals surface area contributed by atoms with Crippen LogP contribution in [0.15, 0.2) is 23.4 Å². The van der Waals surface area contributed by atoms with Crippen LogP contribution in [0.25, 0.3) is 0 Å². The fourth-order valence-corrected chi connectivity index (χ4v) is 3.44. The summed E-state index contributed by atoms with van der Waals surface area (Å²) in [5.74, 6) is -0.698. The second-order valence-electron chi connectivity index (χ2n) is 4.54. The minimum atomic E-state index is -3.84. The number of nitrogens with two attached hydrogens (primary N) is 1. The summed E-state index contributed by atoms with van der Waals surface area (Å²) >= 11 is 0. The number of rotatable bonds is 4. The van der Waals surface area contributed by atoms with E-state index in [-0.39, 0.29) is 11.4 Å². The summed E-state index contributed by atoms with van der Waals surface area (Å²) in [5, 5.41) is 0. The molecule has 2 heterocycles. The van der Waals surface area contributed by atoms with Crippen LogP contribution in [0, 0.1) is 5.82 Å². The van der Waals surface area contributed by atoms with Gasteiger partial charge < -0.3 is 10.5 Å². The summed E-state index contributed by atoms with van der Waals surface area (Å²) < 4.78 is 45.2. The van der Waals surface area contributed by atoms with Crippen molar-refractivity contribution < 1.29 is 17.5 Å². The van der Waals surface area contributed by atoms with Crippen molar-refractivity contribution in [2.75, 3.05) is 19.8 Å². The molecule has 1 aromatic rings. The van der Waals surface area contributed by atoms with Gasteiger partial charge in [0, 0.05) is 31.5 Å². The van der Waals surface area contributed by atoms with Gasteiger partial charge in [0.15, 0.2) is 0 Å². The van der Waals surface area contributed by atoms with E-state index in [4.69, 9.17) is 10.5 Å². The quantitative estimate of drug-likeness (QED) is 0.814. The van der Waals surface area contributed by atoms with Crippen molar-refractivity contribution in [1.29, 1.82) is 0 Å². The van der Waals surface area contributed by atoms with Gasteiger partial charge in [-0.3, -0.25) is 4.98 Å². The highest BCUT2D eigenvalue weighted by Gasteiger charge is 2.36. The average molecular weight is 289 g/mol. The molecular weight excluding hydrogens is 273 g/mol. The lowest BCUT2D eigenvalue weighted by Crippen LogP contribution is -2.56. The van der Waals surface area contributed by atoms with Crippen molar-refractivity contribution in [3.8, 4) is 0 Å². The highest BCUT2D eigenvalue weighted by Crippen LogP contribution is 2.22. The third kappa shape index (κ3) is 3.27. The first-order valence-corrected chi connectivity index (χ1v) is 7.38. The number of sulfonamides is 1. The van der Waals surface area contributed by atoms with E-state index in [1.807, 2.05) is 0 Å². The van der Waals surface area contributed by atoms with Gasteiger partial charge in [-0.2, -0.15) is 0 Å². The van der Waals surface area contributed by atoms with Crippen molar-refractivity contribution in [2.45, 2.75) is 23.3 Å². The van der Waals surface area contributed by atoms with Crippen LogP contribution in [-0.4, -0.2) is 38.7 Å². The molecule has 0 unspecified atom stereocenters. The Morgan fingerprint density at radius 3 is 2.68 bits per heavy atom. The summed E-state index contributed by atoms with van der Waals surface area (Å²) in [5.41, 5.74) is 4.95. The largest absolute Gasteiger partial charge is 0.381 e. The molecule has 0 bridgehead atoms. The van der Waals surface area contributed by atoms with Crippen molar-refractivity contribution >= 4 is 10.0 Å². The fourth-order valence-electron chi connectivity index (χ4n) is 1.99. The van der Waals surface area contributed by atoms with E-state index in [0.717, 1.165) is 18.5 Å². The molecule has 0 amide bonds. The fraction of sp³-hybridized carbons (Fsp3) is 0.545. The smallest absolute Gasteiger partial charge is 0.242 e. The van der Waals surface area contributed by atoms with Gasteiger partial charge >= 0.3 is 0 Å². The molecular formula is C11H16FN3O3S. The SMILES string of the molecule is NCC1(NS(=O)(=O)c2cncc(F)c2)CCOCC1. The van der Waals surface area contributed by atoms with Gasteiger partial charge in [-0.25, -0.2) is 17.5 Å². The first-order valence-electron chi connectivity index (χ1n) is 5.90. The molecule has 2 rings (SSSR count). The van der Waals surface area contributed by atoms with Gasteiger partial charge in [-0.1, -0.05) is 0 Å². The molecule has 3 N–H and O–H groups in total. The molecule has 8 heteroatoms. The van der Waals surface area contributed by atoms with Gasteiger partial charge in [0.1, 0.15) is 10.7 Å². The average Bonchev–Trinajstić information content (AvgIpc) is 2.39. The van der Waals surface area contributed by atoms with Gasteiger partial charge in [-0.05, 0) is 18.9 Å². The highest BCUT2D eigenvalue weighted by atomic mass is 32.2. The summed E-state index contributed by atoms with van der Waals surface area (Å²) in [6.45, 7) is 1.06. The second-order valence-corrected chi connectivity index (χ2v) is 6.22. The summed E-state index contributed by atoms with van der Waals surface area (Å²) in [6.07, 6.45) is 3.04. The molecule has 1 aliphatic rings. The molecule has 1 aliphatic heterocycles. The lowest BCUT2D eigenvalue weighted by atomic mass is 9.92. The van der Waals surface area contributed by atoms with Gasteiger partial charge in [0.05, 0.1) is 6.20 Å². The Kier molecular flexibility index (Phi) is 4.14. The van der Waals surface area contributed by atoms with Crippen LogP contribution < -0.4 is 10.5 Å². The summed E-state index contributed by atoms with van der Waals surface area (Å²) in [6, 6.07) is 0.929. The van der Waals surface area contributed by atoms with Gasteiger partial charge in [0.25, 0.3) is 0 Å². The second kappa shape index (κ2) is 5.49. The van der Waals surface area contributed by atoms with Crippen molar-refractivity contribution in [2.24, 2.45) is 5.73 Å². The van der Waals surface area contributed by atoms with Gasteiger partial charge in [0.2, 0.25) is 10.0 Å². The molecule has 1 saturated heterocycles. The standard InChI is InChI=1S/C11H16FN3O3S/c12-9-5-10(7-14-6-9)19(16,17)15-11(8-13)1-3-18-4-2-11/h5-7,15H,1-4,8,13H2. The summed E-state index contributed by atoms with van der Waals surface area (Å²) in [4.78, 5) is 3.34. The zero-order valence-electron chi connectivity index (χ0n) is 10.3. The number of hydrogen-bond acceptors (Lipinski definition) is 5. The zero-order valence-corrected chi connectivity index (χ0v) is 11.1. The van der Waals surface area contributed by atoms with E-state index in [0.29, 0.717) is 26.1 Å². The number of pyridine rings is 1. The third-order valence-corrected chi connectivity index (χ3v) is 4.73. The maximum Gasteiger partial charge on any atom is 0.242 e. The number of halogens is 1. The monoisotopic (exact) mass is 289 g/mol. The zero-order chi connectivity index (χ0) is 13.9. The number of ether oxygens (including phenoxy) is 1. The Bertz CT molecular complexity index is 544. The van der Waals surface area contributed by atoms with Crippen LogP contribution in [0.5, 0.6) is 0 Å². The normalized spacial score (nSPS) is 19.3. The number of nitrogens with zero attached hydrogens (tertiary/aromatic N) is 1. The van der Waals surface area contributed by atoms with Crippen molar-refractivity contribution in [1.82, 2.24) is 9.71 Å². The van der Waals surface area contributed by atoms with Crippen LogP contribution in [0.4, 0.5) is 4.39 Å². The minimum absolute atomic E-state index is 0.165. The minimum Gasteiger partial charge on any atom is -0.381 e. The van der Waals surface area contributed by atoms with Gasteiger partial charge in [-0.15, -0.1) is 0 Å². The molecule has 0 radical (unpaired) electrons. The highest BCUT2D eigenvalue weighted by molar-refractivity contribution is 7.89. The first-order chi connectivity index (χ1) is 8.97. The van der Waals surface area contributed by atoms with Crippen LogP contribution in [0.1, 0.15) is 12.8 Å². The van der Waals surface area contributed by atoms with Crippen LogP contribution in [0.3, 0.4) is 0 Å². The molecule has 0 aliphatic carbocycles. The molecule has 1 fully saturated rings. The molecule has 0 atom stereocenters. The Hall–Kier alpha value is -1.09. The van der Waals surface area contributed by atoms with Crippen molar-refractivity contribution in [3.63, 3.8) is 0 Å². The number of hydrogen-bond donors (Lipinski definition) is 2. The van der Waals surface area contributed by atoms with E-state index in [1.165, 1.54) is 0 Å². The van der Waals surface area contributed by atoms with Crippen LogP contribution in [0.2, 0.25) is 0 Å². The van der Waals surface area contributed by atoms with Crippen LogP contribution in [-0.2, 0) is 14.8 Å². The van der Waals surface area contributed by atoms with E-state index < -0.39 is 21.4 Å². The Labute approximate surface area is 111 Å². The van der Waals surface area contributed by atoms with E-state index in [1.54, 1.807) is 0 Å². The molecule has 6 nitrogen and oxygen atoms in total. The maximum absolute atomic E-state index is 13.1. The predicted molar refractivity (Wildman–Crippen MR) is 66.4 cm³/mol. The molecule has 19 heavy (non-hydrogen) atoms. The molecule has 0 saturated carbocycles. The predicted octanol–water partition coefficient (Wildman–Crippen LogP) is 0.00690. The Morgan fingerprint density at radius 1 is 1.42 bits per heavy atom. The Balaban J connectivity index is 2.25. The lowest BCUT2D eigenvalue weighted by Gasteiger charge is -2.36. The van der Waals surface area contributed by atoms with E-state index >= 15 is 0 Å². The first kappa shape index (κ1) is 14.3. The van der Waals surface area contributed by atoms with E-state index in [2.05, 4.69) is 9.71 Å². The Morgan fingerprint density at radius 2 is 2.11 bits per heavy atom. The number of nitrogens with one attached hydrogen (secondary N) is 1. The molecule has 1 aromatic heterocycles. The molecule has 0 aromatic carbocycles. The van der Waals surface area contributed by atoms with E-state index in [9.17, 15) is 12.8 Å². The maximum atomic E-state index is 13.1. The van der Waals surface area contributed by atoms with Crippen molar-refractivity contribution in [3.05, 3.63) is 24.3 Å². The lowest BCUT2D eigenvalue weighted by molar-refractivity contribution is 0.0502. The van der Waals surface area contributed by atoms with Crippen LogP contribution >= 0.6 is 0 Å². The summed E-state index contributed by atoms with van der Waals surface area (Å²) in [7, 11) is -3.84. The number of aromatic nitrogens is 1. The third-order valence-electron chi connectivity index (χ3n) is 3.18. The molecule has 106 valence electrons. The molecule has 0 spiro atoms. The topological polar surface area (TPSA) is 94.3 Å².